The van der Waals surface area contributed by atoms with E-state index in [4.69, 9.17) is 5.73 Å². The van der Waals surface area contributed by atoms with E-state index in [1.807, 2.05) is 26.0 Å². The van der Waals surface area contributed by atoms with Crippen LogP contribution in [0.3, 0.4) is 0 Å². The Morgan fingerprint density at radius 2 is 2.19 bits per heavy atom. The molecule has 1 heterocycles. The third-order valence-corrected chi connectivity index (χ3v) is 4.32. The normalized spacial score (nSPS) is 21.3. The van der Waals surface area contributed by atoms with Crippen molar-refractivity contribution in [1.82, 2.24) is 9.88 Å². The average molecular weight is 290 g/mol. The first-order chi connectivity index (χ1) is 10.2. The fourth-order valence-corrected chi connectivity index (χ4v) is 2.90. The summed E-state index contributed by atoms with van der Waals surface area (Å²) in [7, 11) is 0. The third kappa shape index (κ3) is 3.94. The van der Waals surface area contributed by atoms with Gasteiger partial charge in [-0.1, -0.05) is 6.42 Å². The number of nitrogens with one attached hydrogen (secondary N) is 1. The van der Waals surface area contributed by atoms with Gasteiger partial charge in [0, 0.05) is 37.6 Å². The van der Waals surface area contributed by atoms with Crippen molar-refractivity contribution in [1.29, 1.82) is 0 Å². The molecule has 2 atom stereocenters. The Kier molecular flexibility index (Phi) is 5.56. The summed E-state index contributed by atoms with van der Waals surface area (Å²) < 4.78 is 0. The predicted octanol–water partition coefficient (Wildman–Crippen LogP) is 2.10. The maximum absolute atomic E-state index is 12.3. The zero-order valence-corrected chi connectivity index (χ0v) is 13.0. The molecule has 5 heteroatoms. The van der Waals surface area contributed by atoms with Crippen LogP contribution < -0.4 is 11.1 Å². The van der Waals surface area contributed by atoms with Gasteiger partial charge in [0.15, 0.2) is 0 Å². The highest BCUT2D eigenvalue weighted by molar-refractivity contribution is 5.93. The van der Waals surface area contributed by atoms with Crippen LogP contribution in [0.2, 0.25) is 0 Å². The zero-order chi connectivity index (χ0) is 15.2. The SMILES string of the molecule is CCN(CC)C(=O)c1cc(NCC2CCCC2N)ccn1. The predicted molar refractivity (Wildman–Crippen MR) is 85.3 cm³/mol. The molecule has 3 N–H and O–H groups in total. The molecular weight excluding hydrogens is 264 g/mol. The Balaban J connectivity index is 1.98. The van der Waals surface area contributed by atoms with Crippen LogP contribution in [-0.2, 0) is 0 Å². The molecule has 2 rings (SSSR count). The van der Waals surface area contributed by atoms with E-state index >= 15 is 0 Å². The lowest BCUT2D eigenvalue weighted by atomic mass is 10.0. The monoisotopic (exact) mass is 290 g/mol. The molecule has 0 bridgehead atoms. The second-order valence-electron chi connectivity index (χ2n) is 5.64. The number of rotatable bonds is 6. The third-order valence-electron chi connectivity index (χ3n) is 4.32. The molecular formula is C16H26N4O. The molecule has 1 fully saturated rings. The van der Waals surface area contributed by atoms with Gasteiger partial charge < -0.3 is 16.0 Å². The van der Waals surface area contributed by atoms with E-state index in [0.717, 1.165) is 18.7 Å². The molecule has 0 radical (unpaired) electrons. The largest absolute Gasteiger partial charge is 0.385 e. The number of anilines is 1. The summed E-state index contributed by atoms with van der Waals surface area (Å²) in [5, 5.41) is 3.40. The Morgan fingerprint density at radius 3 is 2.81 bits per heavy atom. The summed E-state index contributed by atoms with van der Waals surface area (Å²) in [6.07, 6.45) is 5.21. The highest BCUT2D eigenvalue weighted by atomic mass is 16.2. The molecule has 21 heavy (non-hydrogen) atoms. The number of amides is 1. The van der Waals surface area contributed by atoms with Crippen molar-refractivity contribution in [2.75, 3.05) is 25.0 Å². The Labute approximate surface area is 126 Å². The first-order valence-corrected chi connectivity index (χ1v) is 7.90. The summed E-state index contributed by atoms with van der Waals surface area (Å²) in [5.41, 5.74) is 7.53. The second-order valence-corrected chi connectivity index (χ2v) is 5.64. The van der Waals surface area contributed by atoms with Gasteiger partial charge in [-0.05, 0) is 44.7 Å². The van der Waals surface area contributed by atoms with Gasteiger partial charge in [0.25, 0.3) is 5.91 Å². The van der Waals surface area contributed by atoms with Crippen molar-refractivity contribution in [3.63, 3.8) is 0 Å². The van der Waals surface area contributed by atoms with E-state index in [2.05, 4.69) is 10.3 Å². The number of aromatic nitrogens is 1. The van der Waals surface area contributed by atoms with Crippen molar-refractivity contribution in [2.45, 2.75) is 39.2 Å². The van der Waals surface area contributed by atoms with E-state index in [9.17, 15) is 4.79 Å². The fourth-order valence-electron chi connectivity index (χ4n) is 2.90. The fraction of sp³-hybridized carbons (Fsp3) is 0.625. The lowest BCUT2D eigenvalue weighted by Crippen LogP contribution is -2.31. The van der Waals surface area contributed by atoms with Crippen LogP contribution in [0.5, 0.6) is 0 Å². The molecule has 1 aromatic rings. The van der Waals surface area contributed by atoms with Gasteiger partial charge in [-0.25, -0.2) is 0 Å². The first kappa shape index (κ1) is 15.8. The summed E-state index contributed by atoms with van der Waals surface area (Å²) >= 11 is 0. The second kappa shape index (κ2) is 7.41. The van der Waals surface area contributed by atoms with Crippen LogP contribution >= 0.6 is 0 Å². The summed E-state index contributed by atoms with van der Waals surface area (Å²) in [5.74, 6) is 0.515. The molecule has 1 aromatic heterocycles. The minimum Gasteiger partial charge on any atom is -0.385 e. The zero-order valence-electron chi connectivity index (χ0n) is 13.0. The van der Waals surface area contributed by atoms with Crippen molar-refractivity contribution < 1.29 is 4.79 Å². The Hall–Kier alpha value is -1.62. The number of carbonyl (C=O) groups excluding carboxylic acids is 1. The lowest BCUT2D eigenvalue weighted by molar-refractivity contribution is 0.0767. The number of hydrogen-bond donors (Lipinski definition) is 2. The van der Waals surface area contributed by atoms with E-state index in [0.29, 0.717) is 30.7 Å². The van der Waals surface area contributed by atoms with Crippen LogP contribution in [0.25, 0.3) is 0 Å². The number of nitrogens with two attached hydrogens (primary N) is 1. The number of hydrogen-bond acceptors (Lipinski definition) is 4. The Morgan fingerprint density at radius 1 is 1.43 bits per heavy atom. The molecule has 0 aliphatic heterocycles. The first-order valence-electron chi connectivity index (χ1n) is 7.90. The quantitative estimate of drug-likeness (QED) is 0.841. The van der Waals surface area contributed by atoms with Crippen LogP contribution in [0.4, 0.5) is 5.69 Å². The summed E-state index contributed by atoms with van der Waals surface area (Å²) in [6, 6.07) is 4.04. The van der Waals surface area contributed by atoms with Gasteiger partial charge in [-0.15, -0.1) is 0 Å². The standard InChI is InChI=1S/C16H26N4O/c1-3-20(4-2)16(21)15-10-13(8-9-18-15)19-11-12-6-5-7-14(12)17/h8-10,12,14H,3-7,11,17H2,1-2H3,(H,18,19). The van der Waals surface area contributed by atoms with Crippen molar-refractivity contribution in [2.24, 2.45) is 11.7 Å². The highest BCUT2D eigenvalue weighted by Crippen LogP contribution is 2.24. The molecule has 2 unspecified atom stereocenters. The van der Waals surface area contributed by atoms with Crippen LogP contribution in [0, 0.1) is 5.92 Å². The molecule has 5 nitrogen and oxygen atoms in total. The minimum atomic E-state index is -0.0128. The molecule has 116 valence electrons. The van der Waals surface area contributed by atoms with Gasteiger partial charge in [0.1, 0.15) is 5.69 Å². The summed E-state index contributed by atoms with van der Waals surface area (Å²) in [4.78, 5) is 18.3. The smallest absolute Gasteiger partial charge is 0.272 e. The van der Waals surface area contributed by atoms with E-state index < -0.39 is 0 Å². The van der Waals surface area contributed by atoms with Crippen LogP contribution in [0.15, 0.2) is 18.3 Å². The topological polar surface area (TPSA) is 71.2 Å². The van der Waals surface area contributed by atoms with Gasteiger partial charge in [-0.2, -0.15) is 0 Å². The Bertz CT molecular complexity index is 473. The summed E-state index contributed by atoms with van der Waals surface area (Å²) in [6.45, 7) is 6.22. The highest BCUT2D eigenvalue weighted by Gasteiger charge is 2.23. The molecule has 1 saturated carbocycles. The maximum Gasteiger partial charge on any atom is 0.272 e. The van der Waals surface area contributed by atoms with E-state index in [1.165, 1.54) is 12.8 Å². The van der Waals surface area contributed by atoms with Gasteiger partial charge in [-0.3, -0.25) is 9.78 Å². The molecule has 1 aliphatic rings. The number of pyridine rings is 1. The molecule has 0 spiro atoms. The number of nitrogens with zero attached hydrogens (tertiary/aromatic N) is 2. The van der Waals surface area contributed by atoms with Crippen LogP contribution in [0.1, 0.15) is 43.6 Å². The van der Waals surface area contributed by atoms with Gasteiger partial charge >= 0.3 is 0 Å². The maximum atomic E-state index is 12.3. The lowest BCUT2D eigenvalue weighted by Gasteiger charge is -2.19. The molecule has 1 amide bonds. The molecule has 1 aliphatic carbocycles. The van der Waals surface area contributed by atoms with E-state index in [-0.39, 0.29) is 5.91 Å². The van der Waals surface area contributed by atoms with Crippen molar-refractivity contribution in [3.8, 4) is 0 Å². The average Bonchev–Trinajstić information content (AvgIpc) is 2.92. The van der Waals surface area contributed by atoms with Gasteiger partial charge in [0.05, 0.1) is 0 Å². The van der Waals surface area contributed by atoms with E-state index in [1.54, 1.807) is 11.1 Å². The van der Waals surface area contributed by atoms with Crippen molar-refractivity contribution >= 4 is 11.6 Å². The molecule has 0 aromatic carbocycles. The van der Waals surface area contributed by atoms with Crippen LogP contribution in [-0.4, -0.2) is 41.5 Å². The van der Waals surface area contributed by atoms with Crippen molar-refractivity contribution in [3.05, 3.63) is 24.0 Å². The minimum absolute atomic E-state index is 0.0128. The number of carbonyl (C=O) groups is 1. The molecule has 0 saturated heterocycles. The van der Waals surface area contributed by atoms with Gasteiger partial charge in [0.2, 0.25) is 0 Å².